The van der Waals surface area contributed by atoms with Gasteiger partial charge in [0.15, 0.2) is 8.32 Å². The summed E-state index contributed by atoms with van der Waals surface area (Å²) in [5, 5.41) is 0. The predicted octanol–water partition coefficient (Wildman–Crippen LogP) is 7.11. The summed E-state index contributed by atoms with van der Waals surface area (Å²) in [6, 6.07) is 0. The molecule has 3 rings (SSSR count). The van der Waals surface area contributed by atoms with Crippen LogP contribution in [0.1, 0.15) is 59.3 Å². The average molecular weight is 503 g/mol. The molecule has 154 valence electrons. The number of allylic oxidation sites excluding steroid dienone is 1. The first-order valence-electron chi connectivity index (χ1n) is 10.9. The van der Waals surface area contributed by atoms with Gasteiger partial charge in [0, 0.05) is 6.42 Å². The maximum atomic E-state index is 6.40. The Morgan fingerprint density at radius 1 is 1.30 bits per heavy atom. The van der Waals surface area contributed by atoms with Crippen LogP contribution >= 0.6 is 22.6 Å². The first-order valence-corrected chi connectivity index (χ1v) is 15.5. The number of hydrogen-bond donors (Lipinski definition) is 0. The van der Waals surface area contributed by atoms with Crippen molar-refractivity contribution in [3.63, 3.8) is 0 Å². The van der Waals surface area contributed by atoms with Gasteiger partial charge in [-0.1, -0.05) is 54.2 Å². The fraction of sp³-hybridized carbons (Fsp3) is 0.826. The number of ether oxygens (including phenoxy) is 1. The molecule has 1 unspecified atom stereocenters. The SMILES string of the molecule is C[C@@H](CO[C@@H]1C=C[C@](C)(O[Si](C)(C)C)C1)[C@H]1CCC2C(=CI)CCC[C@]21C. The summed E-state index contributed by atoms with van der Waals surface area (Å²) in [4.78, 5) is 0. The average Bonchev–Trinajstić information content (AvgIpc) is 3.10. The lowest BCUT2D eigenvalue weighted by Gasteiger charge is -2.44. The highest BCUT2D eigenvalue weighted by atomic mass is 127. The Balaban J connectivity index is 1.55. The van der Waals surface area contributed by atoms with Crippen molar-refractivity contribution in [2.75, 3.05) is 6.61 Å². The van der Waals surface area contributed by atoms with Crippen molar-refractivity contribution in [1.82, 2.24) is 0 Å². The van der Waals surface area contributed by atoms with Crippen molar-refractivity contribution in [1.29, 1.82) is 0 Å². The molecule has 6 atom stereocenters. The topological polar surface area (TPSA) is 18.5 Å². The van der Waals surface area contributed by atoms with E-state index in [1.54, 1.807) is 5.57 Å². The highest BCUT2D eigenvalue weighted by molar-refractivity contribution is 14.1. The molecule has 2 nitrogen and oxygen atoms in total. The molecule has 0 aromatic rings. The van der Waals surface area contributed by atoms with Gasteiger partial charge in [0.1, 0.15) is 0 Å². The van der Waals surface area contributed by atoms with Gasteiger partial charge in [0.2, 0.25) is 0 Å². The van der Waals surface area contributed by atoms with Gasteiger partial charge in [-0.2, -0.15) is 0 Å². The van der Waals surface area contributed by atoms with E-state index < -0.39 is 8.32 Å². The molecule has 0 heterocycles. The molecule has 2 fully saturated rings. The number of rotatable bonds is 6. The lowest BCUT2D eigenvalue weighted by atomic mass is 9.61. The van der Waals surface area contributed by atoms with Gasteiger partial charge in [-0.25, -0.2) is 0 Å². The Kier molecular flexibility index (Phi) is 6.72. The minimum absolute atomic E-state index is 0.133. The van der Waals surface area contributed by atoms with Gasteiger partial charge in [-0.3, -0.25) is 0 Å². The van der Waals surface area contributed by atoms with E-state index in [4.69, 9.17) is 9.16 Å². The molecule has 0 aromatic carbocycles. The second-order valence-electron chi connectivity index (χ2n) is 10.7. The molecule has 0 radical (unpaired) electrons. The van der Waals surface area contributed by atoms with E-state index in [1.165, 1.54) is 32.1 Å². The van der Waals surface area contributed by atoms with Crippen molar-refractivity contribution in [3.05, 3.63) is 21.8 Å². The summed E-state index contributed by atoms with van der Waals surface area (Å²) < 4.78 is 15.2. The smallest absolute Gasteiger partial charge is 0.184 e. The van der Waals surface area contributed by atoms with Crippen LogP contribution in [0.5, 0.6) is 0 Å². The molecule has 27 heavy (non-hydrogen) atoms. The summed E-state index contributed by atoms with van der Waals surface area (Å²) in [6.45, 7) is 14.9. The first-order chi connectivity index (χ1) is 12.6. The zero-order valence-corrected chi connectivity index (χ0v) is 21.3. The van der Waals surface area contributed by atoms with Gasteiger partial charge in [0.25, 0.3) is 0 Å². The lowest BCUT2D eigenvalue weighted by molar-refractivity contribution is -0.00461. The quantitative estimate of drug-likeness (QED) is 0.219. The van der Waals surface area contributed by atoms with Crippen LogP contribution in [0, 0.1) is 23.2 Å². The molecule has 0 spiro atoms. The van der Waals surface area contributed by atoms with Crippen LogP contribution < -0.4 is 0 Å². The molecule has 3 aliphatic rings. The molecule has 0 N–H and O–H groups in total. The fourth-order valence-corrected chi connectivity index (χ4v) is 8.57. The molecule has 2 saturated carbocycles. The third-order valence-corrected chi connectivity index (χ3v) is 9.13. The second kappa shape index (κ2) is 8.23. The van der Waals surface area contributed by atoms with Crippen molar-refractivity contribution in [2.24, 2.45) is 23.2 Å². The van der Waals surface area contributed by atoms with E-state index in [-0.39, 0.29) is 11.7 Å². The fourth-order valence-electron chi connectivity index (χ4n) is 6.27. The third-order valence-electron chi connectivity index (χ3n) is 7.25. The molecule has 0 amide bonds. The van der Waals surface area contributed by atoms with E-state index in [0.717, 1.165) is 24.9 Å². The van der Waals surface area contributed by atoms with Gasteiger partial charge < -0.3 is 9.16 Å². The second-order valence-corrected chi connectivity index (χ2v) is 15.8. The molecule has 4 heteroatoms. The number of halogens is 1. The number of hydrogen-bond acceptors (Lipinski definition) is 2. The monoisotopic (exact) mass is 502 g/mol. The maximum Gasteiger partial charge on any atom is 0.184 e. The maximum absolute atomic E-state index is 6.40. The zero-order valence-electron chi connectivity index (χ0n) is 18.2. The Morgan fingerprint density at radius 2 is 2.04 bits per heavy atom. The van der Waals surface area contributed by atoms with Gasteiger partial charge >= 0.3 is 0 Å². The summed E-state index contributed by atoms with van der Waals surface area (Å²) in [5.74, 6) is 2.24. The Labute approximate surface area is 181 Å². The van der Waals surface area contributed by atoms with E-state index in [0.29, 0.717) is 11.3 Å². The largest absolute Gasteiger partial charge is 0.409 e. The highest BCUT2D eigenvalue weighted by Gasteiger charge is 2.50. The predicted molar refractivity (Wildman–Crippen MR) is 126 cm³/mol. The normalized spacial score (nSPS) is 41.9. The molecular weight excluding hydrogens is 463 g/mol. The minimum Gasteiger partial charge on any atom is -0.409 e. The molecule has 0 bridgehead atoms. The van der Waals surface area contributed by atoms with Crippen LogP contribution in [0.4, 0.5) is 0 Å². The molecule has 0 aromatic heterocycles. The Bertz CT molecular complexity index is 596. The van der Waals surface area contributed by atoms with Crippen molar-refractivity contribution in [2.45, 2.75) is 90.6 Å². The standard InChI is InChI=1S/C23H39IO2Si/c1-17(16-25-19-11-13-22(2,14-19)26-27(4,5)6)20-9-10-21-18(15-24)8-7-12-23(20,21)3/h11,13,15,17,19-21H,7-10,12,14,16H2,1-6H3/t17-,19+,20+,21?,22-,23-/m0/s1. The van der Waals surface area contributed by atoms with Crippen LogP contribution in [-0.4, -0.2) is 26.6 Å². The third kappa shape index (κ3) is 4.92. The summed E-state index contributed by atoms with van der Waals surface area (Å²) >= 11 is 2.47. The van der Waals surface area contributed by atoms with Crippen molar-refractivity contribution < 1.29 is 9.16 Å². The highest BCUT2D eigenvalue weighted by Crippen LogP contribution is 2.59. The Hall–Kier alpha value is 0.347. The van der Waals surface area contributed by atoms with E-state index in [2.05, 4.69) is 79.2 Å². The van der Waals surface area contributed by atoms with Crippen LogP contribution in [0.3, 0.4) is 0 Å². The lowest BCUT2D eigenvalue weighted by Crippen LogP contribution is -2.39. The van der Waals surface area contributed by atoms with E-state index in [9.17, 15) is 0 Å². The van der Waals surface area contributed by atoms with E-state index >= 15 is 0 Å². The van der Waals surface area contributed by atoms with Crippen LogP contribution in [0.2, 0.25) is 19.6 Å². The summed E-state index contributed by atoms with van der Waals surface area (Å²) in [5.41, 5.74) is 2.07. The van der Waals surface area contributed by atoms with Gasteiger partial charge in [-0.05, 0) is 85.9 Å². The van der Waals surface area contributed by atoms with Crippen LogP contribution in [0.25, 0.3) is 0 Å². The molecular formula is C23H39IO2Si. The number of fused-ring (bicyclic) bond motifs is 1. The van der Waals surface area contributed by atoms with Crippen LogP contribution in [0.15, 0.2) is 21.8 Å². The van der Waals surface area contributed by atoms with Crippen molar-refractivity contribution in [3.8, 4) is 0 Å². The zero-order chi connectivity index (χ0) is 19.9. The summed E-state index contributed by atoms with van der Waals surface area (Å²) in [6.07, 6.45) is 12.5. The summed E-state index contributed by atoms with van der Waals surface area (Å²) in [7, 11) is -1.54. The van der Waals surface area contributed by atoms with Gasteiger partial charge in [-0.15, -0.1) is 0 Å². The Morgan fingerprint density at radius 3 is 2.70 bits per heavy atom. The minimum atomic E-state index is -1.54. The van der Waals surface area contributed by atoms with Crippen molar-refractivity contribution >= 4 is 30.9 Å². The van der Waals surface area contributed by atoms with Gasteiger partial charge in [0.05, 0.1) is 18.3 Å². The van der Waals surface area contributed by atoms with E-state index in [1.807, 2.05) is 0 Å². The van der Waals surface area contributed by atoms with Crippen LogP contribution in [-0.2, 0) is 9.16 Å². The first kappa shape index (κ1) is 22.0. The molecule has 0 aliphatic heterocycles. The molecule has 3 aliphatic carbocycles. The molecule has 0 saturated heterocycles.